The van der Waals surface area contributed by atoms with E-state index in [-0.39, 0.29) is 61.6 Å². The molecule has 0 radical (unpaired) electrons. The lowest BCUT2D eigenvalue weighted by Crippen LogP contribution is -2.39. The lowest BCUT2D eigenvalue weighted by atomic mass is 9.97. The summed E-state index contributed by atoms with van der Waals surface area (Å²) >= 11 is 0. The Balaban J connectivity index is 1.65. The summed E-state index contributed by atoms with van der Waals surface area (Å²) in [6.45, 7) is 4.61. The van der Waals surface area contributed by atoms with Crippen LogP contribution in [0.2, 0.25) is 0 Å². The second-order valence-electron chi connectivity index (χ2n) is 9.42. The Hall–Kier alpha value is -3.24. The fraction of sp³-hybridized carbons (Fsp3) is 0.565. The van der Waals surface area contributed by atoms with E-state index in [0.717, 1.165) is 17.4 Å². The summed E-state index contributed by atoms with van der Waals surface area (Å²) in [6.07, 6.45) is 3.99. The van der Waals surface area contributed by atoms with Crippen LogP contribution >= 0.6 is 0 Å². The maximum Gasteiger partial charge on any atom is 0.270 e. The number of carbonyl (C=O) groups excluding carboxylic acids is 2. The van der Waals surface area contributed by atoms with Crippen LogP contribution in [0.3, 0.4) is 0 Å². The van der Waals surface area contributed by atoms with Crippen molar-refractivity contribution in [2.75, 3.05) is 13.1 Å². The van der Waals surface area contributed by atoms with Crippen LogP contribution in [0.4, 0.5) is 8.78 Å². The third-order valence-corrected chi connectivity index (χ3v) is 6.21. The van der Waals surface area contributed by atoms with Gasteiger partial charge in [-0.1, -0.05) is 13.8 Å². The number of amides is 2. The fourth-order valence-electron chi connectivity index (χ4n) is 4.19. The number of aromatic nitrogens is 3. The van der Waals surface area contributed by atoms with Gasteiger partial charge in [0, 0.05) is 43.2 Å². The number of aromatic hydroxyl groups is 1. The van der Waals surface area contributed by atoms with Crippen molar-refractivity contribution >= 4 is 23.5 Å². The topological polar surface area (TPSA) is 109 Å². The van der Waals surface area contributed by atoms with Gasteiger partial charge >= 0.3 is 0 Å². The molecular weight excluding hydrogens is 448 g/mol. The first-order valence-electron chi connectivity index (χ1n) is 11.6. The van der Waals surface area contributed by atoms with Crippen LogP contribution in [-0.4, -0.2) is 61.6 Å². The van der Waals surface area contributed by atoms with Crippen molar-refractivity contribution in [3.05, 3.63) is 33.8 Å². The van der Waals surface area contributed by atoms with Gasteiger partial charge in [0.15, 0.2) is 5.56 Å². The van der Waals surface area contributed by atoms with E-state index in [1.54, 1.807) is 0 Å². The molecule has 9 nitrogen and oxygen atoms in total. The molecule has 1 saturated heterocycles. The van der Waals surface area contributed by atoms with Crippen LogP contribution in [0, 0.1) is 11.8 Å². The van der Waals surface area contributed by atoms with Gasteiger partial charge in [0.05, 0.1) is 6.20 Å². The van der Waals surface area contributed by atoms with Crippen molar-refractivity contribution in [3.8, 4) is 5.88 Å². The molecule has 0 bridgehead atoms. The van der Waals surface area contributed by atoms with Gasteiger partial charge < -0.3 is 15.3 Å². The van der Waals surface area contributed by atoms with Crippen molar-refractivity contribution in [2.45, 2.75) is 58.5 Å². The van der Waals surface area contributed by atoms with E-state index in [1.165, 1.54) is 27.8 Å². The average Bonchev–Trinajstić information content (AvgIpc) is 3.50. The van der Waals surface area contributed by atoms with Gasteiger partial charge in [0.25, 0.3) is 11.5 Å². The average molecular weight is 478 g/mol. The summed E-state index contributed by atoms with van der Waals surface area (Å²) < 4.78 is 28.3. The lowest BCUT2D eigenvalue weighted by molar-refractivity contribution is -0.128. The van der Waals surface area contributed by atoms with Crippen molar-refractivity contribution < 1.29 is 23.5 Å². The number of likely N-dealkylation sites (tertiary alicyclic amines) is 1. The molecule has 2 amide bonds. The molecule has 11 heteroatoms. The molecule has 1 aliphatic heterocycles. The molecule has 1 aliphatic carbocycles. The fourth-order valence-corrected chi connectivity index (χ4v) is 4.19. The minimum atomic E-state index is -2.38. The van der Waals surface area contributed by atoms with Crippen LogP contribution in [0.1, 0.15) is 55.5 Å². The first kappa shape index (κ1) is 23.9. The van der Waals surface area contributed by atoms with Gasteiger partial charge in [-0.25, -0.2) is 8.78 Å². The maximum absolute atomic E-state index is 13.2. The number of rotatable bonds is 7. The summed E-state index contributed by atoms with van der Waals surface area (Å²) in [4.78, 5) is 40.0. The zero-order chi connectivity index (χ0) is 24.6. The summed E-state index contributed by atoms with van der Waals surface area (Å²) in [7, 11) is 0. The third kappa shape index (κ3) is 4.83. The van der Waals surface area contributed by atoms with E-state index in [9.17, 15) is 28.3 Å². The molecule has 0 spiro atoms. The molecule has 0 atom stereocenters. The summed E-state index contributed by atoms with van der Waals surface area (Å²) in [5, 5.41) is 17.6. The van der Waals surface area contributed by atoms with Gasteiger partial charge in [-0.3, -0.25) is 19.0 Å². The number of hydrogen-bond acceptors (Lipinski definition) is 5. The highest BCUT2D eigenvalue weighted by Gasteiger charge is 2.30. The van der Waals surface area contributed by atoms with Gasteiger partial charge in [0.2, 0.25) is 18.2 Å². The quantitative estimate of drug-likeness (QED) is 0.595. The van der Waals surface area contributed by atoms with E-state index >= 15 is 0 Å². The van der Waals surface area contributed by atoms with Gasteiger partial charge in [-0.15, -0.1) is 0 Å². The SMILES string of the molecule is CC(C)Cn1c(=O)c(C(=O)NC2CC2)c(O)n2ncc(/C=C/C(=O)N3CCC(C(F)F)CC3)c12. The van der Waals surface area contributed by atoms with Crippen LogP contribution in [-0.2, 0) is 11.3 Å². The molecule has 2 aromatic rings. The third-order valence-electron chi connectivity index (χ3n) is 6.21. The highest BCUT2D eigenvalue weighted by Crippen LogP contribution is 2.25. The summed E-state index contributed by atoms with van der Waals surface area (Å²) in [5.41, 5.74) is -0.318. The summed E-state index contributed by atoms with van der Waals surface area (Å²) in [6, 6.07) is 0.00781. The Morgan fingerprint density at radius 2 is 1.91 bits per heavy atom. The maximum atomic E-state index is 13.2. The summed E-state index contributed by atoms with van der Waals surface area (Å²) in [5.74, 6) is -2.16. The van der Waals surface area contributed by atoms with E-state index in [2.05, 4.69) is 10.4 Å². The Morgan fingerprint density at radius 1 is 1.24 bits per heavy atom. The number of halogens is 2. The minimum absolute atomic E-state index is 0.00781. The van der Waals surface area contributed by atoms with Crippen molar-refractivity contribution in [2.24, 2.45) is 11.8 Å². The highest BCUT2D eigenvalue weighted by molar-refractivity contribution is 5.97. The van der Waals surface area contributed by atoms with E-state index in [1.807, 2.05) is 13.8 Å². The second kappa shape index (κ2) is 9.55. The second-order valence-corrected chi connectivity index (χ2v) is 9.42. The van der Waals surface area contributed by atoms with Crippen molar-refractivity contribution in [1.29, 1.82) is 0 Å². The molecule has 1 saturated carbocycles. The van der Waals surface area contributed by atoms with Crippen LogP contribution < -0.4 is 10.9 Å². The molecule has 0 unspecified atom stereocenters. The molecule has 4 rings (SSSR count). The van der Waals surface area contributed by atoms with Gasteiger partial charge in [0.1, 0.15) is 5.65 Å². The first-order chi connectivity index (χ1) is 16.2. The Morgan fingerprint density at radius 3 is 2.50 bits per heavy atom. The number of alkyl halides is 2. The molecular formula is C23H29F2N5O4. The van der Waals surface area contributed by atoms with E-state index in [0.29, 0.717) is 5.56 Å². The molecule has 34 heavy (non-hydrogen) atoms. The monoisotopic (exact) mass is 477 g/mol. The molecule has 2 aliphatic rings. The Labute approximate surface area is 195 Å². The zero-order valence-corrected chi connectivity index (χ0v) is 19.2. The minimum Gasteiger partial charge on any atom is -0.492 e. The van der Waals surface area contributed by atoms with Crippen LogP contribution in [0.15, 0.2) is 17.1 Å². The van der Waals surface area contributed by atoms with Gasteiger partial charge in [-0.2, -0.15) is 9.61 Å². The lowest BCUT2D eigenvalue weighted by Gasteiger charge is -2.30. The predicted octanol–water partition coefficient (Wildman–Crippen LogP) is 2.27. The van der Waals surface area contributed by atoms with Crippen molar-refractivity contribution in [1.82, 2.24) is 24.4 Å². The molecule has 2 N–H and O–H groups in total. The Kier molecular flexibility index (Phi) is 6.72. The number of carbonyl (C=O) groups is 2. The standard InChI is InChI=1S/C23H29F2N5O4/c1-13(2)12-29-21-15(3-6-17(31)28-9-7-14(8-10-28)19(24)25)11-26-30(21)23(34)18(22(29)33)20(32)27-16-4-5-16/h3,6,11,13-14,16,19,34H,4-5,7-10,12H2,1-2H3,(H,27,32)/b6-3+. The molecule has 184 valence electrons. The number of nitrogens with zero attached hydrogens (tertiary/aromatic N) is 4. The largest absolute Gasteiger partial charge is 0.492 e. The van der Waals surface area contributed by atoms with E-state index < -0.39 is 29.7 Å². The smallest absolute Gasteiger partial charge is 0.270 e. The Bertz CT molecular complexity index is 1170. The van der Waals surface area contributed by atoms with Crippen LogP contribution in [0.25, 0.3) is 11.7 Å². The van der Waals surface area contributed by atoms with Crippen LogP contribution in [0.5, 0.6) is 5.88 Å². The predicted molar refractivity (Wildman–Crippen MR) is 121 cm³/mol. The number of hydrogen-bond donors (Lipinski definition) is 2. The molecule has 3 heterocycles. The highest BCUT2D eigenvalue weighted by atomic mass is 19.3. The number of piperidine rings is 1. The number of nitrogens with one attached hydrogen (secondary N) is 1. The normalized spacial score (nSPS) is 17.4. The van der Waals surface area contributed by atoms with Crippen molar-refractivity contribution in [3.63, 3.8) is 0 Å². The number of fused-ring (bicyclic) bond motifs is 1. The zero-order valence-electron chi connectivity index (χ0n) is 19.2. The molecule has 0 aromatic carbocycles. The molecule has 2 aromatic heterocycles. The molecule has 2 fully saturated rings. The first-order valence-corrected chi connectivity index (χ1v) is 11.6. The van der Waals surface area contributed by atoms with E-state index in [4.69, 9.17) is 0 Å². The van der Waals surface area contributed by atoms with Gasteiger partial charge in [-0.05, 0) is 37.7 Å².